The van der Waals surface area contributed by atoms with E-state index in [1.807, 2.05) is 54.6 Å². The molecule has 3 aromatic rings. The highest BCUT2D eigenvalue weighted by Gasteiger charge is 2.39. The van der Waals surface area contributed by atoms with Gasteiger partial charge >= 0.3 is 12.2 Å². The Balaban J connectivity index is 1.21. The third kappa shape index (κ3) is 5.72. The van der Waals surface area contributed by atoms with Crippen LogP contribution in [0.2, 0.25) is 0 Å². The first kappa shape index (κ1) is 26.2. The lowest BCUT2D eigenvalue weighted by molar-refractivity contribution is -0.125. The van der Waals surface area contributed by atoms with E-state index in [-0.39, 0.29) is 18.4 Å². The number of amides is 3. The molecule has 2 heterocycles. The van der Waals surface area contributed by atoms with Crippen LogP contribution in [0.1, 0.15) is 42.5 Å². The van der Waals surface area contributed by atoms with Crippen LogP contribution in [-0.4, -0.2) is 64.4 Å². The fourth-order valence-corrected chi connectivity index (χ4v) is 5.57. The van der Waals surface area contributed by atoms with Gasteiger partial charge < -0.3 is 25.4 Å². The van der Waals surface area contributed by atoms with Crippen molar-refractivity contribution >= 4 is 18.1 Å². The minimum atomic E-state index is -0.974. The van der Waals surface area contributed by atoms with E-state index in [9.17, 15) is 19.5 Å². The van der Waals surface area contributed by atoms with Crippen molar-refractivity contribution in [3.63, 3.8) is 0 Å². The summed E-state index contributed by atoms with van der Waals surface area (Å²) in [5.41, 5.74) is 4.64. The molecule has 1 saturated heterocycles. The maximum absolute atomic E-state index is 13.2. The van der Waals surface area contributed by atoms with E-state index in [0.717, 1.165) is 27.9 Å². The van der Waals surface area contributed by atoms with Crippen molar-refractivity contribution in [3.8, 4) is 11.1 Å². The summed E-state index contributed by atoms with van der Waals surface area (Å²) in [5.74, 6) is -0.434. The molecular weight excluding hydrogens is 496 g/mol. The number of pyridine rings is 1. The first-order valence-corrected chi connectivity index (χ1v) is 13.2. The summed E-state index contributed by atoms with van der Waals surface area (Å²) in [6.45, 7) is 2.37. The molecule has 1 aliphatic heterocycles. The number of carboxylic acid groups (broad SMARTS) is 1. The van der Waals surface area contributed by atoms with E-state index in [4.69, 9.17) is 4.74 Å². The van der Waals surface area contributed by atoms with Crippen LogP contribution in [0.3, 0.4) is 0 Å². The number of benzene rings is 2. The van der Waals surface area contributed by atoms with E-state index in [1.165, 1.54) is 4.90 Å². The molecule has 5 rings (SSSR count). The van der Waals surface area contributed by atoms with Crippen LogP contribution in [0, 0.1) is 0 Å². The third-order valence-electron chi connectivity index (χ3n) is 7.70. The molecule has 1 atom stereocenters. The van der Waals surface area contributed by atoms with Crippen LogP contribution in [0.25, 0.3) is 11.1 Å². The van der Waals surface area contributed by atoms with Gasteiger partial charge in [-0.05, 0) is 54.2 Å². The molecule has 0 radical (unpaired) electrons. The van der Waals surface area contributed by atoms with Crippen molar-refractivity contribution in [1.29, 1.82) is 0 Å². The number of hydrogen-bond donors (Lipinski definition) is 3. The first-order chi connectivity index (χ1) is 18.8. The number of aromatic nitrogens is 1. The molecular formula is C30H32N4O5. The van der Waals surface area contributed by atoms with Crippen LogP contribution in [0.15, 0.2) is 72.9 Å². The second-order valence-electron chi connectivity index (χ2n) is 10.2. The summed E-state index contributed by atoms with van der Waals surface area (Å²) in [6.07, 6.45) is 1.40. The maximum atomic E-state index is 13.2. The summed E-state index contributed by atoms with van der Waals surface area (Å²) < 4.78 is 5.60. The Morgan fingerprint density at radius 3 is 2.21 bits per heavy atom. The number of rotatable bonds is 7. The minimum Gasteiger partial charge on any atom is -0.465 e. The molecule has 1 fully saturated rings. The van der Waals surface area contributed by atoms with Crippen molar-refractivity contribution in [2.75, 3.05) is 19.7 Å². The average molecular weight is 529 g/mol. The van der Waals surface area contributed by atoms with Crippen LogP contribution >= 0.6 is 0 Å². The number of nitrogens with zero attached hydrogens (tertiary/aromatic N) is 2. The Hall–Kier alpha value is -4.40. The van der Waals surface area contributed by atoms with E-state index in [1.54, 1.807) is 13.1 Å². The fourth-order valence-electron chi connectivity index (χ4n) is 5.57. The summed E-state index contributed by atoms with van der Waals surface area (Å²) in [7, 11) is 0. The quantitative estimate of drug-likeness (QED) is 0.423. The van der Waals surface area contributed by atoms with Crippen molar-refractivity contribution < 1.29 is 24.2 Å². The zero-order valence-electron chi connectivity index (χ0n) is 21.8. The monoisotopic (exact) mass is 528 g/mol. The van der Waals surface area contributed by atoms with E-state index in [2.05, 4.69) is 27.8 Å². The van der Waals surface area contributed by atoms with Gasteiger partial charge in [0.2, 0.25) is 5.91 Å². The van der Waals surface area contributed by atoms with Gasteiger partial charge in [-0.1, -0.05) is 54.6 Å². The lowest BCUT2D eigenvalue weighted by atomic mass is 9.82. The molecule has 2 aliphatic rings. The van der Waals surface area contributed by atoms with E-state index in [0.29, 0.717) is 32.4 Å². The van der Waals surface area contributed by atoms with Crippen molar-refractivity contribution in [1.82, 2.24) is 20.5 Å². The third-order valence-corrected chi connectivity index (χ3v) is 7.70. The highest BCUT2D eigenvalue weighted by atomic mass is 16.5. The molecule has 0 saturated carbocycles. The normalized spacial score (nSPS) is 16.5. The van der Waals surface area contributed by atoms with Crippen molar-refractivity contribution in [2.45, 2.75) is 43.7 Å². The number of ether oxygens (including phenoxy) is 1. The van der Waals surface area contributed by atoms with Crippen LogP contribution < -0.4 is 10.6 Å². The molecule has 202 valence electrons. The van der Waals surface area contributed by atoms with Crippen LogP contribution in [0.4, 0.5) is 9.59 Å². The minimum absolute atomic E-state index is 0.0756. The molecule has 2 aromatic carbocycles. The number of piperidine rings is 1. The lowest BCUT2D eigenvalue weighted by Crippen LogP contribution is -2.60. The number of carbonyl (C=O) groups is 3. The second-order valence-corrected chi connectivity index (χ2v) is 10.2. The highest BCUT2D eigenvalue weighted by Crippen LogP contribution is 2.44. The molecule has 9 heteroatoms. The largest absolute Gasteiger partial charge is 0.465 e. The van der Waals surface area contributed by atoms with Gasteiger partial charge in [0, 0.05) is 42.9 Å². The predicted molar refractivity (Wildman–Crippen MR) is 145 cm³/mol. The van der Waals surface area contributed by atoms with Crippen LogP contribution in [0.5, 0.6) is 0 Å². The molecule has 9 nitrogen and oxygen atoms in total. The smallest absolute Gasteiger partial charge is 0.407 e. The molecule has 1 aromatic heterocycles. The standard InChI is InChI=1S/C30H32N4O5/c1-20(27(35)33-30(18-21-8-6-7-15-31-21)13-16-34(17-14-30)29(37)38)32-28(36)39-19-26-24-11-4-2-9-22(24)23-10-3-5-12-25(23)26/h2-12,15,20,26H,13-14,16-19H2,1H3,(H,32,36)(H,33,35)(H,37,38). The topological polar surface area (TPSA) is 121 Å². The Kier molecular flexibility index (Phi) is 7.49. The zero-order chi connectivity index (χ0) is 27.4. The van der Waals surface area contributed by atoms with Gasteiger partial charge in [-0.2, -0.15) is 0 Å². The number of fused-ring (bicyclic) bond motifs is 3. The molecule has 0 bridgehead atoms. The second kappa shape index (κ2) is 11.1. The van der Waals surface area contributed by atoms with Gasteiger partial charge in [0.25, 0.3) is 0 Å². The Labute approximate surface area is 227 Å². The number of carbonyl (C=O) groups excluding carboxylic acids is 2. The summed E-state index contributed by atoms with van der Waals surface area (Å²) in [6, 6.07) is 20.9. The Morgan fingerprint density at radius 1 is 1.00 bits per heavy atom. The van der Waals surface area contributed by atoms with E-state index >= 15 is 0 Å². The van der Waals surface area contributed by atoms with Gasteiger partial charge in [0.05, 0.1) is 0 Å². The number of hydrogen-bond acceptors (Lipinski definition) is 5. The number of nitrogens with one attached hydrogen (secondary N) is 2. The van der Waals surface area contributed by atoms with Gasteiger partial charge in [0.15, 0.2) is 0 Å². The van der Waals surface area contributed by atoms with Crippen molar-refractivity contribution in [2.24, 2.45) is 0 Å². The molecule has 1 aliphatic carbocycles. The van der Waals surface area contributed by atoms with Gasteiger partial charge in [-0.3, -0.25) is 9.78 Å². The summed E-state index contributed by atoms with van der Waals surface area (Å²) >= 11 is 0. The Bertz CT molecular complexity index is 1310. The van der Waals surface area contributed by atoms with Gasteiger partial charge in [0.1, 0.15) is 12.6 Å². The van der Waals surface area contributed by atoms with Gasteiger partial charge in [-0.15, -0.1) is 0 Å². The molecule has 0 spiro atoms. The molecule has 39 heavy (non-hydrogen) atoms. The van der Waals surface area contributed by atoms with Gasteiger partial charge in [-0.25, -0.2) is 9.59 Å². The summed E-state index contributed by atoms with van der Waals surface area (Å²) in [4.78, 5) is 43.1. The first-order valence-electron chi connectivity index (χ1n) is 13.2. The van der Waals surface area contributed by atoms with E-state index < -0.39 is 23.8 Å². The number of likely N-dealkylation sites (tertiary alicyclic amines) is 1. The lowest BCUT2D eigenvalue weighted by Gasteiger charge is -2.42. The predicted octanol–water partition coefficient (Wildman–Crippen LogP) is 4.18. The SMILES string of the molecule is CC(NC(=O)OCC1c2ccccc2-c2ccccc21)C(=O)NC1(Cc2ccccn2)CCN(C(=O)O)CC1. The average Bonchev–Trinajstić information content (AvgIpc) is 3.26. The maximum Gasteiger partial charge on any atom is 0.407 e. The Morgan fingerprint density at radius 2 is 1.62 bits per heavy atom. The summed E-state index contributed by atoms with van der Waals surface area (Å²) in [5, 5.41) is 15.1. The highest BCUT2D eigenvalue weighted by molar-refractivity contribution is 5.86. The fraction of sp³-hybridized carbons (Fsp3) is 0.333. The van der Waals surface area contributed by atoms with Crippen LogP contribution in [-0.2, 0) is 16.0 Å². The molecule has 1 unspecified atom stereocenters. The molecule has 3 N–H and O–H groups in total. The molecule has 3 amide bonds. The van der Waals surface area contributed by atoms with Crippen molar-refractivity contribution in [3.05, 3.63) is 89.7 Å². The zero-order valence-corrected chi connectivity index (χ0v) is 21.8. The number of alkyl carbamates (subject to hydrolysis) is 1.